The number of halogens is 5. The van der Waals surface area contributed by atoms with Gasteiger partial charge in [-0.1, -0.05) is 82.2 Å². The fraction of sp³-hybridized carbons (Fsp3) is 0.714. The first kappa shape index (κ1) is 23.9. The molecular formula is C21H31F5O. The van der Waals surface area contributed by atoms with Gasteiger partial charge in [0.15, 0.2) is 0 Å². The summed E-state index contributed by atoms with van der Waals surface area (Å²) in [4.78, 5) is 0. The second-order valence-corrected chi connectivity index (χ2v) is 7.46. The maximum Gasteiger partial charge on any atom is 0.453 e. The molecule has 6 heteroatoms. The van der Waals surface area contributed by atoms with Crippen LogP contribution in [0.1, 0.15) is 76.7 Å². The van der Waals surface area contributed by atoms with E-state index in [4.69, 9.17) is 0 Å². The number of benzene rings is 1. The highest BCUT2D eigenvalue weighted by atomic mass is 19.4. The Labute approximate surface area is 159 Å². The minimum Gasteiger partial charge on any atom is -0.390 e. The Kier molecular flexibility index (Phi) is 9.71. The molecule has 0 saturated carbocycles. The van der Waals surface area contributed by atoms with Gasteiger partial charge in [-0.05, 0) is 24.8 Å². The van der Waals surface area contributed by atoms with E-state index in [-0.39, 0.29) is 19.3 Å². The Hall–Kier alpha value is -1.17. The SMILES string of the molecule is CCCCCCCCCC(O)(CCc1ccccc1)CC(F)(F)C(F)(F)F. The van der Waals surface area contributed by atoms with Crippen molar-refractivity contribution in [1.29, 1.82) is 0 Å². The van der Waals surface area contributed by atoms with Crippen molar-refractivity contribution in [2.24, 2.45) is 0 Å². The van der Waals surface area contributed by atoms with Crippen LogP contribution >= 0.6 is 0 Å². The minimum atomic E-state index is -5.64. The summed E-state index contributed by atoms with van der Waals surface area (Å²) in [6.45, 7) is 2.10. The molecule has 1 rings (SSSR count). The Balaban J connectivity index is 2.64. The second kappa shape index (κ2) is 11.0. The van der Waals surface area contributed by atoms with E-state index < -0.39 is 24.1 Å². The van der Waals surface area contributed by atoms with E-state index in [1.165, 1.54) is 0 Å². The first-order valence-electron chi connectivity index (χ1n) is 9.80. The molecule has 0 aromatic heterocycles. The van der Waals surface area contributed by atoms with E-state index in [0.29, 0.717) is 6.42 Å². The van der Waals surface area contributed by atoms with Crippen LogP contribution in [0.5, 0.6) is 0 Å². The molecule has 0 heterocycles. The largest absolute Gasteiger partial charge is 0.453 e. The average molecular weight is 394 g/mol. The predicted molar refractivity (Wildman–Crippen MR) is 97.9 cm³/mol. The van der Waals surface area contributed by atoms with Crippen molar-refractivity contribution in [3.05, 3.63) is 35.9 Å². The fourth-order valence-corrected chi connectivity index (χ4v) is 3.25. The highest BCUT2D eigenvalue weighted by Crippen LogP contribution is 2.43. The standard InChI is InChI=1S/C21H31F5O/c1-2-3-4-5-6-7-11-15-19(27,17-20(22,23)21(24,25)26)16-14-18-12-9-8-10-13-18/h8-10,12-13,27H,2-7,11,14-17H2,1H3. The molecule has 0 fully saturated rings. The van der Waals surface area contributed by atoms with Gasteiger partial charge in [0.2, 0.25) is 0 Å². The minimum absolute atomic E-state index is 0.0424. The van der Waals surface area contributed by atoms with Gasteiger partial charge in [-0.2, -0.15) is 22.0 Å². The highest BCUT2D eigenvalue weighted by Gasteiger charge is 2.60. The quantitative estimate of drug-likeness (QED) is 0.280. The van der Waals surface area contributed by atoms with Gasteiger partial charge in [0.25, 0.3) is 0 Å². The molecule has 1 aromatic carbocycles. The average Bonchev–Trinajstić information content (AvgIpc) is 2.59. The van der Waals surface area contributed by atoms with E-state index >= 15 is 0 Å². The van der Waals surface area contributed by atoms with Crippen molar-refractivity contribution < 1.29 is 27.1 Å². The Bertz CT molecular complexity index is 515. The number of alkyl halides is 5. The van der Waals surface area contributed by atoms with Gasteiger partial charge in [-0.25, -0.2) is 0 Å². The molecule has 1 unspecified atom stereocenters. The molecule has 0 amide bonds. The Morgan fingerprint density at radius 3 is 1.89 bits per heavy atom. The van der Waals surface area contributed by atoms with E-state index in [2.05, 4.69) is 6.92 Å². The van der Waals surface area contributed by atoms with Crippen molar-refractivity contribution in [3.63, 3.8) is 0 Å². The normalized spacial score (nSPS) is 14.9. The third-order valence-corrected chi connectivity index (χ3v) is 4.93. The molecule has 0 aliphatic rings. The van der Waals surface area contributed by atoms with Crippen LogP contribution in [0.25, 0.3) is 0 Å². The van der Waals surface area contributed by atoms with Crippen molar-refractivity contribution >= 4 is 0 Å². The second-order valence-electron chi connectivity index (χ2n) is 7.46. The Morgan fingerprint density at radius 2 is 1.33 bits per heavy atom. The van der Waals surface area contributed by atoms with Gasteiger partial charge < -0.3 is 5.11 Å². The monoisotopic (exact) mass is 394 g/mol. The van der Waals surface area contributed by atoms with Crippen molar-refractivity contribution in [1.82, 2.24) is 0 Å². The molecule has 156 valence electrons. The lowest BCUT2D eigenvalue weighted by Gasteiger charge is -2.33. The highest BCUT2D eigenvalue weighted by molar-refractivity contribution is 5.15. The lowest BCUT2D eigenvalue weighted by Crippen LogP contribution is -2.45. The van der Waals surface area contributed by atoms with E-state index in [1.54, 1.807) is 30.3 Å². The molecule has 1 atom stereocenters. The van der Waals surface area contributed by atoms with Crippen LogP contribution in [-0.2, 0) is 6.42 Å². The topological polar surface area (TPSA) is 20.2 Å². The Morgan fingerprint density at radius 1 is 0.778 bits per heavy atom. The summed E-state index contributed by atoms with van der Waals surface area (Å²) in [6, 6.07) is 8.89. The zero-order valence-electron chi connectivity index (χ0n) is 16.0. The van der Waals surface area contributed by atoms with Crippen LogP contribution < -0.4 is 0 Å². The smallest absolute Gasteiger partial charge is 0.390 e. The molecule has 0 spiro atoms. The van der Waals surface area contributed by atoms with Gasteiger partial charge >= 0.3 is 12.1 Å². The maximum atomic E-state index is 13.6. The summed E-state index contributed by atoms with van der Waals surface area (Å²) < 4.78 is 65.0. The molecule has 0 aliphatic heterocycles. The summed E-state index contributed by atoms with van der Waals surface area (Å²) in [5.74, 6) is -4.89. The van der Waals surface area contributed by atoms with Crippen LogP contribution in [0.2, 0.25) is 0 Å². The van der Waals surface area contributed by atoms with Crippen LogP contribution in [0.4, 0.5) is 22.0 Å². The summed E-state index contributed by atoms with van der Waals surface area (Å²) in [6.07, 6.45) is -0.648. The van der Waals surface area contributed by atoms with Crippen LogP contribution in [-0.4, -0.2) is 22.8 Å². The number of hydrogen-bond donors (Lipinski definition) is 1. The molecule has 0 aliphatic carbocycles. The van der Waals surface area contributed by atoms with Crippen molar-refractivity contribution in [3.8, 4) is 0 Å². The third kappa shape index (κ3) is 9.04. The number of rotatable bonds is 13. The molecular weight excluding hydrogens is 363 g/mol. The zero-order chi connectivity index (χ0) is 20.4. The van der Waals surface area contributed by atoms with Gasteiger partial charge in [0.1, 0.15) is 0 Å². The lowest BCUT2D eigenvalue weighted by molar-refractivity contribution is -0.297. The third-order valence-electron chi connectivity index (χ3n) is 4.93. The summed E-state index contributed by atoms with van der Waals surface area (Å²) >= 11 is 0. The first-order valence-corrected chi connectivity index (χ1v) is 9.80. The van der Waals surface area contributed by atoms with E-state index in [9.17, 15) is 27.1 Å². The summed E-state index contributed by atoms with van der Waals surface area (Å²) in [5, 5.41) is 10.6. The molecule has 1 aromatic rings. The van der Waals surface area contributed by atoms with Crippen molar-refractivity contribution in [2.45, 2.75) is 95.3 Å². The van der Waals surface area contributed by atoms with Crippen LogP contribution in [0.15, 0.2) is 30.3 Å². The van der Waals surface area contributed by atoms with Crippen LogP contribution in [0.3, 0.4) is 0 Å². The molecule has 27 heavy (non-hydrogen) atoms. The number of unbranched alkanes of at least 4 members (excludes halogenated alkanes) is 6. The fourth-order valence-electron chi connectivity index (χ4n) is 3.25. The maximum absolute atomic E-state index is 13.6. The number of hydrogen-bond acceptors (Lipinski definition) is 1. The van der Waals surface area contributed by atoms with Gasteiger partial charge in [0.05, 0.1) is 5.60 Å². The molecule has 1 N–H and O–H groups in total. The summed E-state index contributed by atoms with van der Waals surface area (Å²) in [7, 11) is 0. The van der Waals surface area contributed by atoms with Gasteiger partial charge in [0, 0.05) is 6.42 Å². The van der Waals surface area contributed by atoms with Gasteiger partial charge in [-0.3, -0.25) is 0 Å². The summed E-state index contributed by atoms with van der Waals surface area (Å²) in [5.41, 5.74) is -1.22. The number of aryl methyl sites for hydroxylation is 1. The first-order chi connectivity index (χ1) is 12.6. The molecule has 0 bridgehead atoms. The zero-order valence-corrected chi connectivity index (χ0v) is 16.0. The number of aliphatic hydroxyl groups is 1. The van der Waals surface area contributed by atoms with E-state index in [1.807, 2.05) is 0 Å². The predicted octanol–water partition coefficient (Wildman–Crippen LogP) is 7.08. The van der Waals surface area contributed by atoms with Crippen LogP contribution in [0, 0.1) is 0 Å². The lowest BCUT2D eigenvalue weighted by atomic mass is 9.84. The molecule has 0 saturated heterocycles. The molecule has 0 radical (unpaired) electrons. The van der Waals surface area contributed by atoms with E-state index in [0.717, 1.165) is 44.1 Å². The van der Waals surface area contributed by atoms with Gasteiger partial charge in [-0.15, -0.1) is 0 Å². The molecule has 1 nitrogen and oxygen atoms in total. The van der Waals surface area contributed by atoms with Crippen molar-refractivity contribution in [2.75, 3.05) is 0 Å².